The Labute approximate surface area is 127 Å². The number of unbranched alkanes of at least 4 members (excludes halogenated alkanes) is 7. The molecule has 0 aromatic heterocycles. The molecular formula is C17H27ClFN. The summed E-state index contributed by atoms with van der Waals surface area (Å²) in [5.41, 5.74) is 0.912. The summed E-state index contributed by atoms with van der Waals surface area (Å²) in [5, 5.41) is 3.81. The second-order valence-electron chi connectivity index (χ2n) is 5.43. The molecule has 1 nitrogen and oxygen atoms in total. The predicted octanol–water partition coefficient (Wildman–Crippen LogP) is 5.71. The zero-order chi connectivity index (χ0) is 14.6. The van der Waals surface area contributed by atoms with E-state index in [2.05, 4.69) is 12.2 Å². The molecule has 0 unspecified atom stereocenters. The van der Waals surface area contributed by atoms with Gasteiger partial charge in [0.25, 0.3) is 0 Å². The predicted molar refractivity (Wildman–Crippen MR) is 85.7 cm³/mol. The van der Waals surface area contributed by atoms with Gasteiger partial charge >= 0.3 is 0 Å². The minimum Gasteiger partial charge on any atom is -0.313 e. The third-order valence-electron chi connectivity index (χ3n) is 3.46. The van der Waals surface area contributed by atoms with Crippen LogP contribution in [0.1, 0.15) is 63.9 Å². The van der Waals surface area contributed by atoms with Crippen LogP contribution >= 0.6 is 11.6 Å². The molecule has 0 bridgehead atoms. The molecule has 1 rings (SSSR count). The van der Waals surface area contributed by atoms with Crippen molar-refractivity contribution >= 4 is 11.6 Å². The molecule has 0 atom stereocenters. The Morgan fingerprint density at radius 3 is 2.25 bits per heavy atom. The van der Waals surface area contributed by atoms with Crippen LogP contribution in [0.25, 0.3) is 0 Å². The van der Waals surface area contributed by atoms with Crippen LogP contribution in [0, 0.1) is 5.82 Å². The van der Waals surface area contributed by atoms with E-state index in [-0.39, 0.29) is 5.82 Å². The van der Waals surface area contributed by atoms with Gasteiger partial charge in [0.1, 0.15) is 5.82 Å². The standard InChI is InChI=1S/C17H27ClFN/c1-2-3-4-5-6-7-8-9-10-20-14-15-11-16(18)13-17(19)12-15/h11-13,20H,2-10,14H2,1H3. The first-order valence-electron chi connectivity index (χ1n) is 7.88. The Morgan fingerprint density at radius 1 is 0.950 bits per heavy atom. The lowest BCUT2D eigenvalue weighted by atomic mass is 10.1. The molecular weight excluding hydrogens is 273 g/mol. The van der Waals surface area contributed by atoms with Gasteiger partial charge in [-0.3, -0.25) is 0 Å². The van der Waals surface area contributed by atoms with Crippen LogP contribution in [0.2, 0.25) is 5.02 Å². The van der Waals surface area contributed by atoms with Crippen molar-refractivity contribution in [3.63, 3.8) is 0 Å². The van der Waals surface area contributed by atoms with Crippen LogP contribution in [0.3, 0.4) is 0 Å². The van der Waals surface area contributed by atoms with Gasteiger partial charge in [-0.1, -0.05) is 63.5 Å². The van der Waals surface area contributed by atoms with Crippen molar-refractivity contribution < 1.29 is 4.39 Å². The van der Waals surface area contributed by atoms with E-state index >= 15 is 0 Å². The van der Waals surface area contributed by atoms with E-state index in [1.165, 1.54) is 63.5 Å². The van der Waals surface area contributed by atoms with Gasteiger partial charge in [-0.05, 0) is 36.7 Å². The maximum Gasteiger partial charge on any atom is 0.125 e. The van der Waals surface area contributed by atoms with Crippen molar-refractivity contribution in [3.8, 4) is 0 Å². The third kappa shape index (κ3) is 8.55. The SMILES string of the molecule is CCCCCCCCCCNCc1cc(F)cc(Cl)c1. The lowest BCUT2D eigenvalue weighted by Gasteiger charge is -2.06. The molecule has 1 aromatic rings. The summed E-state index contributed by atoms with van der Waals surface area (Å²) in [4.78, 5) is 0. The van der Waals surface area contributed by atoms with Gasteiger partial charge in [-0.25, -0.2) is 4.39 Å². The van der Waals surface area contributed by atoms with Gasteiger partial charge in [0.05, 0.1) is 0 Å². The highest BCUT2D eigenvalue weighted by molar-refractivity contribution is 6.30. The van der Waals surface area contributed by atoms with Gasteiger partial charge in [0, 0.05) is 11.6 Å². The fourth-order valence-electron chi connectivity index (χ4n) is 2.33. The monoisotopic (exact) mass is 299 g/mol. The molecule has 3 heteroatoms. The number of rotatable bonds is 11. The topological polar surface area (TPSA) is 12.0 Å². The Bertz CT molecular complexity index is 348. The summed E-state index contributed by atoms with van der Waals surface area (Å²) in [7, 11) is 0. The molecule has 0 spiro atoms. The third-order valence-corrected chi connectivity index (χ3v) is 3.68. The summed E-state index contributed by atoms with van der Waals surface area (Å²) in [6, 6.07) is 4.68. The van der Waals surface area contributed by atoms with Crippen LogP contribution in [0.4, 0.5) is 4.39 Å². The molecule has 0 radical (unpaired) electrons. The molecule has 114 valence electrons. The lowest BCUT2D eigenvalue weighted by Crippen LogP contribution is -2.14. The quantitative estimate of drug-likeness (QED) is 0.516. The summed E-state index contributed by atoms with van der Waals surface area (Å²) in [5.74, 6) is -0.263. The van der Waals surface area contributed by atoms with Crippen LogP contribution in [0.5, 0.6) is 0 Å². The van der Waals surface area contributed by atoms with Crippen LogP contribution in [-0.2, 0) is 6.54 Å². The fraction of sp³-hybridized carbons (Fsp3) is 0.647. The minimum absolute atomic E-state index is 0.263. The van der Waals surface area contributed by atoms with Crippen molar-refractivity contribution in [2.45, 2.75) is 64.8 Å². The number of nitrogens with one attached hydrogen (secondary N) is 1. The van der Waals surface area contributed by atoms with Crippen molar-refractivity contribution in [1.82, 2.24) is 5.32 Å². The van der Waals surface area contributed by atoms with E-state index in [0.29, 0.717) is 11.6 Å². The summed E-state index contributed by atoms with van der Waals surface area (Å²) in [6.45, 7) is 3.93. The Balaban J connectivity index is 1.97. The normalized spacial score (nSPS) is 10.9. The highest BCUT2D eigenvalue weighted by Crippen LogP contribution is 2.14. The average Bonchev–Trinajstić information content (AvgIpc) is 2.40. The molecule has 0 amide bonds. The maximum absolute atomic E-state index is 13.1. The minimum atomic E-state index is -0.263. The van der Waals surface area contributed by atoms with E-state index in [1.54, 1.807) is 0 Å². The number of benzene rings is 1. The first-order chi connectivity index (χ1) is 9.72. The Hall–Kier alpha value is -0.600. The van der Waals surface area contributed by atoms with Gasteiger partial charge in [-0.2, -0.15) is 0 Å². The van der Waals surface area contributed by atoms with Crippen molar-refractivity contribution in [1.29, 1.82) is 0 Å². The molecule has 20 heavy (non-hydrogen) atoms. The van der Waals surface area contributed by atoms with E-state index in [0.717, 1.165) is 12.1 Å². The second kappa shape index (κ2) is 11.1. The maximum atomic E-state index is 13.1. The average molecular weight is 300 g/mol. The molecule has 0 aliphatic rings. The van der Waals surface area contributed by atoms with E-state index in [1.807, 2.05) is 6.07 Å². The molecule has 0 saturated carbocycles. The van der Waals surface area contributed by atoms with E-state index < -0.39 is 0 Å². The zero-order valence-corrected chi connectivity index (χ0v) is 13.3. The molecule has 0 aliphatic heterocycles. The van der Waals surface area contributed by atoms with Crippen molar-refractivity contribution in [2.75, 3.05) is 6.54 Å². The van der Waals surface area contributed by atoms with Gasteiger partial charge < -0.3 is 5.32 Å². The first-order valence-corrected chi connectivity index (χ1v) is 8.26. The van der Waals surface area contributed by atoms with Crippen LogP contribution < -0.4 is 5.32 Å². The van der Waals surface area contributed by atoms with Gasteiger partial charge in [0.15, 0.2) is 0 Å². The fourth-order valence-corrected chi connectivity index (χ4v) is 2.57. The summed E-state index contributed by atoms with van der Waals surface area (Å²) in [6.07, 6.45) is 10.6. The molecule has 0 fully saturated rings. The highest BCUT2D eigenvalue weighted by Gasteiger charge is 1.99. The largest absolute Gasteiger partial charge is 0.313 e. The highest BCUT2D eigenvalue weighted by atomic mass is 35.5. The van der Waals surface area contributed by atoms with Crippen molar-refractivity contribution in [2.24, 2.45) is 0 Å². The second-order valence-corrected chi connectivity index (χ2v) is 5.87. The van der Waals surface area contributed by atoms with Crippen LogP contribution in [-0.4, -0.2) is 6.54 Å². The first kappa shape index (κ1) is 17.5. The number of hydrogen-bond donors (Lipinski definition) is 1. The molecule has 0 saturated heterocycles. The zero-order valence-electron chi connectivity index (χ0n) is 12.6. The molecule has 0 heterocycles. The molecule has 0 aliphatic carbocycles. The van der Waals surface area contributed by atoms with Crippen molar-refractivity contribution in [3.05, 3.63) is 34.6 Å². The molecule has 1 aromatic carbocycles. The van der Waals surface area contributed by atoms with Crippen LogP contribution in [0.15, 0.2) is 18.2 Å². The Kier molecular flexibility index (Phi) is 9.69. The Morgan fingerprint density at radius 2 is 1.60 bits per heavy atom. The van der Waals surface area contributed by atoms with E-state index in [4.69, 9.17) is 11.6 Å². The van der Waals surface area contributed by atoms with Gasteiger partial charge in [0.2, 0.25) is 0 Å². The molecule has 1 N–H and O–H groups in total. The number of halogens is 2. The summed E-state index contributed by atoms with van der Waals surface area (Å²) >= 11 is 5.82. The van der Waals surface area contributed by atoms with Gasteiger partial charge in [-0.15, -0.1) is 0 Å². The smallest absolute Gasteiger partial charge is 0.125 e. The van der Waals surface area contributed by atoms with E-state index in [9.17, 15) is 4.39 Å². The number of hydrogen-bond acceptors (Lipinski definition) is 1. The lowest BCUT2D eigenvalue weighted by molar-refractivity contribution is 0.554. The summed E-state index contributed by atoms with van der Waals surface area (Å²) < 4.78 is 13.1.